The van der Waals surface area contributed by atoms with Crippen LogP contribution in [0.3, 0.4) is 0 Å². The lowest BCUT2D eigenvalue weighted by Crippen LogP contribution is -2.49. The fraction of sp³-hybridized carbons (Fsp3) is 0.688. The van der Waals surface area contributed by atoms with E-state index in [2.05, 4.69) is 18.9 Å². The lowest BCUT2D eigenvalue weighted by molar-refractivity contribution is -0.139. The Morgan fingerprint density at radius 3 is 2.74 bits per heavy atom. The van der Waals surface area contributed by atoms with Gasteiger partial charge in [0.2, 0.25) is 0 Å². The van der Waals surface area contributed by atoms with E-state index in [0.29, 0.717) is 18.7 Å². The predicted octanol–water partition coefficient (Wildman–Crippen LogP) is 1.87. The molecule has 1 aromatic rings. The van der Waals surface area contributed by atoms with Crippen molar-refractivity contribution in [3.05, 3.63) is 17.5 Å². The van der Waals surface area contributed by atoms with Gasteiger partial charge in [0, 0.05) is 12.2 Å². The van der Waals surface area contributed by atoms with E-state index >= 15 is 0 Å². The fourth-order valence-corrected chi connectivity index (χ4v) is 3.08. The van der Waals surface area contributed by atoms with Crippen LogP contribution in [0.4, 0.5) is 0 Å². The van der Waals surface area contributed by atoms with Crippen LogP contribution in [0.15, 0.2) is 6.20 Å². The average molecular weight is 323 g/mol. The summed E-state index contributed by atoms with van der Waals surface area (Å²) in [6.45, 7) is 7.19. The number of carboxylic acids is 1. The van der Waals surface area contributed by atoms with E-state index in [0.717, 1.165) is 18.5 Å². The number of nitrogens with zero attached hydrogens (tertiary/aromatic N) is 3. The molecule has 2 heterocycles. The van der Waals surface area contributed by atoms with E-state index in [1.807, 2.05) is 11.6 Å². The minimum atomic E-state index is -0.928. The number of rotatable bonds is 6. The number of aromatic nitrogens is 2. The van der Waals surface area contributed by atoms with Gasteiger partial charge in [-0.15, -0.1) is 0 Å². The Bertz CT molecular complexity index is 566. The van der Waals surface area contributed by atoms with Crippen molar-refractivity contribution in [3.8, 4) is 0 Å². The highest BCUT2D eigenvalue weighted by Crippen LogP contribution is 2.22. The lowest BCUT2D eigenvalue weighted by Gasteiger charge is -2.34. The zero-order valence-electron chi connectivity index (χ0n) is 14.0. The van der Waals surface area contributed by atoms with E-state index in [1.54, 1.807) is 11.1 Å². The van der Waals surface area contributed by atoms with Crippen LogP contribution in [0.2, 0.25) is 0 Å². The SMILES string of the molecule is CCC(CC)n1ncc(C(=O)N2CCOCC2CC(=O)O)c1C. The van der Waals surface area contributed by atoms with Crippen LogP contribution in [0.1, 0.15) is 55.2 Å². The van der Waals surface area contributed by atoms with Crippen molar-refractivity contribution in [3.63, 3.8) is 0 Å². The predicted molar refractivity (Wildman–Crippen MR) is 84.5 cm³/mol. The van der Waals surface area contributed by atoms with Gasteiger partial charge in [0.15, 0.2) is 0 Å². The number of ether oxygens (including phenoxy) is 1. The molecule has 1 fully saturated rings. The molecule has 0 aromatic carbocycles. The summed E-state index contributed by atoms with van der Waals surface area (Å²) in [4.78, 5) is 25.5. The molecule has 0 spiro atoms. The molecule has 1 aromatic heterocycles. The van der Waals surface area contributed by atoms with Crippen LogP contribution in [-0.2, 0) is 9.53 Å². The van der Waals surface area contributed by atoms with Crippen molar-refractivity contribution < 1.29 is 19.4 Å². The maximum absolute atomic E-state index is 12.8. The maximum Gasteiger partial charge on any atom is 0.305 e. The standard InChI is InChI=1S/C16H25N3O4/c1-4-12(5-2)19-11(3)14(9-17-19)16(22)18-6-7-23-10-13(18)8-15(20)21/h9,12-13H,4-8,10H2,1-3H3,(H,20,21). The molecule has 0 bridgehead atoms. The molecule has 7 heteroatoms. The van der Waals surface area contributed by atoms with Crippen molar-refractivity contribution in [2.45, 2.75) is 52.1 Å². The van der Waals surface area contributed by atoms with Gasteiger partial charge in [0.05, 0.1) is 43.5 Å². The van der Waals surface area contributed by atoms with Gasteiger partial charge in [-0.25, -0.2) is 0 Å². The van der Waals surface area contributed by atoms with Crippen molar-refractivity contribution in [1.82, 2.24) is 14.7 Å². The summed E-state index contributed by atoms with van der Waals surface area (Å²) in [5.41, 5.74) is 1.39. The fourth-order valence-electron chi connectivity index (χ4n) is 3.08. The molecule has 0 saturated carbocycles. The van der Waals surface area contributed by atoms with Gasteiger partial charge < -0.3 is 14.7 Å². The molecule has 1 aliphatic rings. The first kappa shape index (κ1) is 17.5. The molecule has 1 amide bonds. The van der Waals surface area contributed by atoms with Gasteiger partial charge in [-0.05, 0) is 19.8 Å². The minimum absolute atomic E-state index is 0.106. The van der Waals surface area contributed by atoms with Gasteiger partial charge in [-0.1, -0.05) is 13.8 Å². The molecule has 1 saturated heterocycles. The normalized spacial score (nSPS) is 18.4. The molecule has 23 heavy (non-hydrogen) atoms. The van der Waals surface area contributed by atoms with Crippen molar-refractivity contribution in [2.75, 3.05) is 19.8 Å². The number of hydrogen-bond donors (Lipinski definition) is 1. The van der Waals surface area contributed by atoms with Crippen LogP contribution < -0.4 is 0 Å². The summed E-state index contributed by atoms with van der Waals surface area (Å²) >= 11 is 0. The summed E-state index contributed by atoms with van der Waals surface area (Å²) in [5, 5.41) is 13.4. The third-order valence-electron chi connectivity index (χ3n) is 4.46. The second-order valence-electron chi connectivity index (χ2n) is 5.88. The second kappa shape index (κ2) is 7.59. The van der Waals surface area contributed by atoms with E-state index in [9.17, 15) is 9.59 Å². The Morgan fingerprint density at radius 2 is 2.13 bits per heavy atom. The van der Waals surface area contributed by atoms with Crippen LogP contribution in [0.25, 0.3) is 0 Å². The first-order chi connectivity index (χ1) is 11.0. The first-order valence-electron chi connectivity index (χ1n) is 8.14. The van der Waals surface area contributed by atoms with E-state index < -0.39 is 12.0 Å². The highest BCUT2D eigenvalue weighted by Gasteiger charge is 2.31. The number of hydrogen-bond acceptors (Lipinski definition) is 4. The molecule has 2 rings (SSSR count). The van der Waals surface area contributed by atoms with Crippen molar-refractivity contribution in [1.29, 1.82) is 0 Å². The van der Waals surface area contributed by atoms with Crippen molar-refractivity contribution in [2.24, 2.45) is 0 Å². The Balaban J connectivity index is 2.23. The van der Waals surface area contributed by atoms with Crippen LogP contribution in [0.5, 0.6) is 0 Å². The zero-order valence-corrected chi connectivity index (χ0v) is 14.0. The summed E-state index contributed by atoms with van der Waals surface area (Å²) in [7, 11) is 0. The van der Waals surface area contributed by atoms with E-state index in [1.165, 1.54) is 0 Å². The molecule has 1 atom stereocenters. The van der Waals surface area contributed by atoms with Gasteiger partial charge in [0.1, 0.15) is 0 Å². The summed E-state index contributed by atoms with van der Waals surface area (Å²) in [6.07, 6.45) is 3.40. The van der Waals surface area contributed by atoms with Crippen molar-refractivity contribution >= 4 is 11.9 Å². The van der Waals surface area contributed by atoms with E-state index in [4.69, 9.17) is 9.84 Å². The van der Waals surface area contributed by atoms with Gasteiger partial charge in [0.25, 0.3) is 5.91 Å². The Morgan fingerprint density at radius 1 is 1.43 bits per heavy atom. The van der Waals surface area contributed by atoms with Crippen LogP contribution in [-0.4, -0.2) is 57.5 Å². The second-order valence-corrected chi connectivity index (χ2v) is 5.88. The van der Waals surface area contributed by atoms with Crippen LogP contribution >= 0.6 is 0 Å². The highest BCUT2D eigenvalue weighted by atomic mass is 16.5. The Hall–Kier alpha value is -1.89. The highest BCUT2D eigenvalue weighted by molar-refractivity contribution is 5.95. The molecule has 0 radical (unpaired) electrons. The topological polar surface area (TPSA) is 84.7 Å². The molecule has 1 N–H and O–H groups in total. The number of carboxylic acid groups (broad SMARTS) is 1. The number of morpholine rings is 1. The molecule has 7 nitrogen and oxygen atoms in total. The molecular formula is C16H25N3O4. The summed E-state index contributed by atoms with van der Waals surface area (Å²) in [5.74, 6) is -1.09. The molecule has 1 aliphatic heterocycles. The number of carbonyl (C=O) groups is 2. The average Bonchev–Trinajstić information content (AvgIpc) is 2.90. The first-order valence-corrected chi connectivity index (χ1v) is 8.14. The Labute approximate surface area is 136 Å². The number of carbonyl (C=O) groups excluding carboxylic acids is 1. The van der Waals surface area contributed by atoms with E-state index in [-0.39, 0.29) is 25.0 Å². The maximum atomic E-state index is 12.8. The third-order valence-corrected chi connectivity index (χ3v) is 4.46. The largest absolute Gasteiger partial charge is 0.481 e. The monoisotopic (exact) mass is 323 g/mol. The van der Waals surface area contributed by atoms with Gasteiger partial charge >= 0.3 is 5.97 Å². The molecule has 128 valence electrons. The summed E-state index contributed by atoms with van der Waals surface area (Å²) in [6, 6.07) is -0.152. The number of amides is 1. The smallest absolute Gasteiger partial charge is 0.305 e. The summed E-state index contributed by atoms with van der Waals surface area (Å²) < 4.78 is 7.23. The zero-order chi connectivity index (χ0) is 17.0. The van der Waals surface area contributed by atoms with Gasteiger partial charge in [-0.3, -0.25) is 14.3 Å². The third kappa shape index (κ3) is 3.72. The van der Waals surface area contributed by atoms with Crippen LogP contribution in [0, 0.1) is 6.92 Å². The lowest BCUT2D eigenvalue weighted by atomic mass is 10.1. The minimum Gasteiger partial charge on any atom is -0.481 e. The number of aliphatic carboxylic acids is 1. The molecule has 0 aliphatic carbocycles. The van der Waals surface area contributed by atoms with Gasteiger partial charge in [-0.2, -0.15) is 5.10 Å². The molecular weight excluding hydrogens is 298 g/mol. The molecule has 1 unspecified atom stereocenters. The Kier molecular flexibility index (Phi) is 5.76. The quantitative estimate of drug-likeness (QED) is 0.864.